The fourth-order valence-corrected chi connectivity index (χ4v) is 6.02. The van der Waals surface area contributed by atoms with E-state index in [1.807, 2.05) is 84.9 Å². The highest BCUT2D eigenvalue weighted by molar-refractivity contribution is 6.16. The molecule has 0 aliphatic heterocycles. The minimum atomic E-state index is 0.610. The van der Waals surface area contributed by atoms with Gasteiger partial charge in [-0.2, -0.15) is 5.26 Å². The summed E-state index contributed by atoms with van der Waals surface area (Å²) in [5.74, 6) is 0. The van der Waals surface area contributed by atoms with Crippen LogP contribution < -0.4 is 0 Å². The van der Waals surface area contributed by atoms with Gasteiger partial charge in [-0.15, -0.1) is 0 Å². The zero-order chi connectivity index (χ0) is 26.6. The first-order valence-corrected chi connectivity index (χ1v) is 13.2. The van der Waals surface area contributed by atoms with Crippen molar-refractivity contribution in [1.82, 2.24) is 0 Å². The van der Waals surface area contributed by atoms with Crippen LogP contribution in [0.4, 0.5) is 0 Å². The lowest BCUT2D eigenvalue weighted by Gasteiger charge is -2.16. The number of furan rings is 2. The molecule has 3 nitrogen and oxygen atoms in total. The van der Waals surface area contributed by atoms with Gasteiger partial charge in [0.25, 0.3) is 0 Å². The van der Waals surface area contributed by atoms with Crippen molar-refractivity contribution in [1.29, 1.82) is 5.26 Å². The first kappa shape index (κ1) is 22.4. The van der Waals surface area contributed by atoms with Crippen molar-refractivity contribution in [3.63, 3.8) is 0 Å². The molecule has 0 fully saturated rings. The monoisotopic (exact) mass is 511 g/mol. The van der Waals surface area contributed by atoms with E-state index in [9.17, 15) is 5.26 Å². The number of para-hydroxylation sites is 2. The number of nitriles is 1. The molecule has 2 aromatic heterocycles. The standard InChI is InChI=1S/C37H21NO2/c38-22-25-20-24(26-14-8-18-33-36(26)27-12-4-6-16-31(27)39-33)21-30(23-10-2-1-3-11-23)35(25)29-15-9-19-34-37(29)28-13-5-7-17-32(28)40-34/h1-21H. The fourth-order valence-electron chi connectivity index (χ4n) is 6.02. The Morgan fingerprint density at radius 1 is 0.450 bits per heavy atom. The van der Waals surface area contributed by atoms with Gasteiger partial charge in [0.2, 0.25) is 0 Å². The lowest BCUT2D eigenvalue weighted by Crippen LogP contribution is -1.94. The number of hydrogen-bond acceptors (Lipinski definition) is 3. The van der Waals surface area contributed by atoms with Gasteiger partial charge >= 0.3 is 0 Å². The Labute approximate surface area is 230 Å². The normalized spacial score (nSPS) is 11.5. The van der Waals surface area contributed by atoms with Gasteiger partial charge in [-0.05, 0) is 64.2 Å². The van der Waals surface area contributed by atoms with Gasteiger partial charge in [0.1, 0.15) is 22.3 Å². The average Bonchev–Trinajstić information content (AvgIpc) is 3.59. The summed E-state index contributed by atoms with van der Waals surface area (Å²) in [5.41, 5.74) is 9.87. The first-order valence-electron chi connectivity index (χ1n) is 13.2. The summed E-state index contributed by atoms with van der Waals surface area (Å²) in [6, 6.07) is 45.5. The van der Waals surface area contributed by atoms with Crippen molar-refractivity contribution in [2.45, 2.75) is 0 Å². The SMILES string of the molecule is N#Cc1cc(-c2cccc3oc4ccccc4c23)cc(-c2ccccc2)c1-c1cccc2oc3ccccc3c12. The van der Waals surface area contributed by atoms with E-state index < -0.39 is 0 Å². The van der Waals surface area contributed by atoms with Crippen molar-refractivity contribution in [3.05, 3.63) is 133 Å². The highest BCUT2D eigenvalue weighted by Crippen LogP contribution is 2.45. The summed E-state index contributed by atoms with van der Waals surface area (Å²) < 4.78 is 12.4. The number of fused-ring (bicyclic) bond motifs is 6. The largest absolute Gasteiger partial charge is 0.456 e. The number of benzene rings is 6. The zero-order valence-electron chi connectivity index (χ0n) is 21.4. The van der Waals surface area contributed by atoms with E-state index in [4.69, 9.17) is 8.83 Å². The highest BCUT2D eigenvalue weighted by Gasteiger charge is 2.21. The van der Waals surface area contributed by atoms with Crippen LogP contribution in [0.3, 0.4) is 0 Å². The van der Waals surface area contributed by atoms with Crippen LogP contribution in [0.5, 0.6) is 0 Å². The molecule has 0 atom stereocenters. The van der Waals surface area contributed by atoms with Crippen molar-refractivity contribution in [3.8, 4) is 39.4 Å². The summed E-state index contributed by atoms with van der Waals surface area (Å²) in [6.07, 6.45) is 0. The average molecular weight is 512 g/mol. The number of rotatable bonds is 3. The molecule has 0 unspecified atom stereocenters. The minimum Gasteiger partial charge on any atom is -0.456 e. The molecule has 8 aromatic rings. The molecule has 40 heavy (non-hydrogen) atoms. The van der Waals surface area contributed by atoms with Gasteiger partial charge in [0.15, 0.2) is 0 Å². The maximum absolute atomic E-state index is 10.6. The zero-order valence-corrected chi connectivity index (χ0v) is 21.4. The minimum absolute atomic E-state index is 0.610. The Hall–Kier alpha value is -5.59. The molecule has 0 N–H and O–H groups in total. The second-order valence-corrected chi connectivity index (χ2v) is 9.98. The van der Waals surface area contributed by atoms with Crippen LogP contribution in [0.1, 0.15) is 5.56 Å². The molecule has 6 aromatic carbocycles. The van der Waals surface area contributed by atoms with E-state index in [2.05, 4.69) is 48.5 Å². The molecule has 0 saturated heterocycles. The predicted octanol–water partition coefficient (Wildman–Crippen LogP) is 10.4. The molecule has 0 aliphatic carbocycles. The molecule has 0 saturated carbocycles. The Kier molecular flexibility index (Phi) is 4.89. The second-order valence-electron chi connectivity index (χ2n) is 9.98. The van der Waals surface area contributed by atoms with Crippen molar-refractivity contribution >= 4 is 43.9 Å². The van der Waals surface area contributed by atoms with E-state index in [0.29, 0.717) is 5.56 Å². The molecule has 0 spiro atoms. The van der Waals surface area contributed by atoms with E-state index in [0.717, 1.165) is 77.3 Å². The highest BCUT2D eigenvalue weighted by atomic mass is 16.3. The molecular weight excluding hydrogens is 490 g/mol. The van der Waals surface area contributed by atoms with Crippen molar-refractivity contribution in [2.24, 2.45) is 0 Å². The molecular formula is C37H21NO2. The third kappa shape index (κ3) is 3.30. The van der Waals surface area contributed by atoms with E-state index in [1.165, 1.54) is 0 Å². The molecule has 186 valence electrons. The van der Waals surface area contributed by atoms with Crippen LogP contribution in [-0.4, -0.2) is 0 Å². The molecule has 0 radical (unpaired) electrons. The smallest absolute Gasteiger partial charge is 0.136 e. The summed E-state index contributed by atoms with van der Waals surface area (Å²) >= 11 is 0. The predicted molar refractivity (Wildman–Crippen MR) is 162 cm³/mol. The second kappa shape index (κ2) is 8.73. The fraction of sp³-hybridized carbons (Fsp3) is 0. The van der Waals surface area contributed by atoms with E-state index >= 15 is 0 Å². The summed E-state index contributed by atoms with van der Waals surface area (Å²) in [6.45, 7) is 0. The van der Waals surface area contributed by atoms with E-state index in [-0.39, 0.29) is 0 Å². The van der Waals surface area contributed by atoms with Crippen LogP contribution in [-0.2, 0) is 0 Å². The molecule has 2 heterocycles. The lowest BCUT2D eigenvalue weighted by atomic mass is 9.85. The van der Waals surface area contributed by atoms with Crippen molar-refractivity contribution in [2.75, 3.05) is 0 Å². The van der Waals surface area contributed by atoms with E-state index in [1.54, 1.807) is 0 Å². The molecule has 0 bridgehead atoms. The van der Waals surface area contributed by atoms with Gasteiger partial charge < -0.3 is 8.83 Å². The number of nitrogens with zero attached hydrogens (tertiary/aromatic N) is 1. The van der Waals surface area contributed by atoms with Gasteiger partial charge in [-0.3, -0.25) is 0 Å². The Bertz CT molecular complexity index is 2280. The van der Waals surface area contributed by atoms with Gasteiger partial charge in [-0.1, -0.05) is 91.0 Å². The Balaban J connectivity index is 1.49. The maximum Gasteiger partial charge on any atom is 0.136 e. The summed E-state index contributed by atoms with van der Waals surface area (Å²) in [4.78, 5) is 0. The van der Waals surface area contributed by atoms with Crippen LogP contribution in [0.15, 0.2) is 136 Å². The van der Waals surface area contributed by atoms with Crippen LogP contribution in [0, 0.1) is 11.3 Å². The van der Waals surface area contributed by atoms with Gasteiger partial charge in [0.05, 0.1) is 11.6 Å². The molecule has 3 heteroatoms. The first-order chi connectivity index (χ1) is 19.8. The summed E-state index contributed by atoms with van der Waals surface area (Å²) in [7, 11) is 0. The van der Waals surface area contributed by atoms with Crippen molar-refractivity contribution < 1.29 is 8.83 Å². The topological polar surface area (TPSA) is 50.1 Å². The van der Waals surface area contributed by atoms with Crippen LogP contribution in [0.2, 0.25) is 0 Å². The molecule has 0 amide bonds. The quantitative estimate of drug-likeness (QED) is 0.237. The summed E-state index contributed by atoms with van der Waals surface area (Å²) in [5, 5.41) is 14.8. The molecule has 8 rings (SSSR count). The van der Waals surface area contributed by atoms with Crippen LogP contribution >= 0.6 is 0 Å². The molecule has 0 aliphatic rings. The van der Waals surface area contributed by atoms with Crippen LogP contribution in [0.25, 0.3) is 77.3 Å². The number of hydrogen-bond donors (Lipinski definition) is 0. The Morgan fingerprint density at radius 2 is 1.00 bits per heavy atom. The third-order valence-corrected chi connectivity index (χ3v) is 7.73. The van der Waals surface area contributed by atoms with Gasteiger partial charge in [0, 0.05) is 27.1 Å². The Morgan fingerprint density at radius 3 is 1.65 bits per heavy atom. The van der Waals surface area contributed by atoms with Gasteiger partial charge in [-0.25, -0.2) is 0 Å². The lowest BCUT2D eigenvalue weighted by molar-refractivity contribution is 0.668. The maximum atomic E-state index is 10.6. The third-order valence-electron chi connectivity index (χ3n) is 7.73.